The molecule has 0 heterocycles. The standard InChI is InChI=1S/C22H38/c1-18(2)12-13-20-10-6-7-11-21(20)22(17-14-19(3)4)15-8-5-9-16-22/h7-8,11,15,18-21H,5-6,9-10,12-14,16-17H2,1-4H3. The highest BCUT2D eigenvalue weighted by molar-refractivity contribution is 5.14. The molecule has 2 aliphatic carbocycles. The van der Waals surface area contributed by atoms with E-state index in [0.29, 0.717) is 5.41 Å². The Bertz CT molecular complexity index is 373. The second-order valence-electron chi connectivity index (χ2n) is 8.72. The van der Waals surface area contributed by atoms with Crippen molar-refractivity contribution in [1.29, 1.82) is 0 Å². The average Bonchev–Trinajstić information content (AvgIpc) is 2.52. The van der Waals surface area contributed by atoms with E-state index in [4.69, 9.17) is 0 Å². The minimum Gasteiger partial charge on any atom is -0.0882 e. The number of rotatable bonds is 7. The normalized spacial score (nSPS) is 32.1. The predicted octanol–water partition coefficient (Wildman–Crippen LogP) is 7.17. The molecule has 0 saturated heterocycles. The zero-order valence-corrected chi connectivity index (χ0v) is 15.5. The first-order valence-electron chi connectivity index (χ1n) is 9.88. The van der Waals surface area contributed by atoms with Gasteiger partial charge in [0.25, 0.3) is 0 Å². The minimum atomic E-state index is 0.473. The topological polar surface area (TPSA) is 0 Å². The van der Waals surface area contributed by atoms with Crippen molar-refractivity contribution in [2.45, 2.75) is 85.5 Å². The van der Waals surface area contributed by atoms with Gasteiger partial charge in [-0.05, 0) is 74.0 Å². The summed E-state index contributed by atoms with van der Waals surface area (Å²) in [6, 6.07) is 0. The van der Waals surface area contributed by atoms with E-state index in [1.165, 1.54) is 57.8 Å². The van der Waals surface area contributed by atoms with Crippen LogP contribution in [0.5, 0.6) is 0 Å². The highest BCUT2D eigenvalue weighted by Crippen LogP contribution is 2.50. The lowest BCUT2D eigenvalue weighted by molar-refractivity contribution is 0.129. The molecule has 0 aromatic rings. The van der Waals surface area contributed by atoms with Gasteiger partial charge in [0.15, 0.2) is 0 Å². The summed E-state index contributed by atoms with van der Waals surface area (Å²) in [6.45, 7) is 9.52. The smallest absolute Gasteiger partial charge is 0.00526 e. The first-order valence-corrected chi connectivity index (χ1v) is 9.88. The van der Waals surface area contributed by atoms with Crippen LogP contribution in [0.4, 0.5) is 0 Å². The van der Waals surface area contributed by atoms with Crippen LogP contribution in [0.25, 0.3) is 0 Å². The van der Waals surface area contributed by atoms with E-state index in [2.05, 4.69) is 52.0 Å². The third kappa shape index (κ3) is 4.74. The lowest BCUT2D eigenvalue weighted by Gasteiger charge is -2.45. The molecule has 2 rings (SSSR count). The second-order valence-corrected chi connectivity index (χ2v) is 8.72. The van der Waals surface area contributed by atoms with E-state index in [-0.39, 0.29) is 0 Å². The van der Waals surface area contributed by atoms with E-state index in [0.717, 1.165) is 23.7 Å². The van der Waals surface area contributed by atoms with Crippen molar-refractivity contribution in [3.05, 3.63) is 24.3 Å². The maximum Gasteiger partial charge on any atom is -0.00526 e. The molecule has 0 aliphatic heterocycles. The van der Waals surface area contributed by atoms with Gasteiger partial charge < -0.3 is 0 Å². The summed E-state index contributed by atoms with van der Waals surface area (Å²) in [4.78, 5) is 0. The molecule has 3 atom stereocenters. The van der Waals surface area contributed by atoms with Gasteiger partial charge in [0.1, 0.15) is 0 Å². The van der Waals surface area contributed by atoms with Crippen molar-refractivity contribution in [1.82, 2.24) is 0 Å². The lowest BCUT2D eigenvalue weighted by atomic mass is 9.59. The van der Waals surface area contributed by atoms with Gasteiger partial charge >= 0.3 is 0 Å². The van der Waals surface area contributed by atoms with Crippen LogP contribution < -0.4 is 0 Å². The van der Waals surface area contributed by atoms with Crippen molar-refractivity contribution in [3.8, 4) is 0 Å². The number of hydrogen-bond acceptors (Lipinski definition) is 0. The Kier molecular flexibility index (Phi) is 6.78. The average molecular weight is 303 g/mol. The third-order valence-corrected chi connectivity index (χ3v) is 5.98. The molecule has 2 aliphatic rings. The summed E-state index contributed by atoms with van der Waals surface area (Å²) < 4.78 is 0. The van der Waals surface area contributed by atoms with Crippen LogP contribution in [0.15, 0.2) is 24.3 Å². The van der Waals surface area contributed by atoms with Crippen LogP contribution in [0, 0.1) is 29.1 Å². The monoisotopic (exact) mass is 302 g/mol. The number of hydrogen-bond donors (Lipinski definition) is 0. The molecule has 0 amide bonds. The van der Waals surface area contributed by atoms with Crippen molar-refractivity contribution < 1.29 is 0 Å². The molecule has 0 aromatic carbocycles. The summed E-state index contributed by atoms with van der Waals surface area (Å²) >= 11 is 0. The fourth-order valence-corrected chi connectivity index (χ4v) is 4.58. The largest absolute Gasteiger partial charge is 0.0882 e. The van der Waals surface area contributed by atoms with Gasteiger partial charge in [0, 0.05) is 0 Å². The molecule has 0 N–H and O–H groups in total. The highest BCUT2D eigenvalue weighted by Gasteiger charge is 2.40. The third-order valence-electron chi connectivity index (χ3n) is 5.98. The molecule has 22 heavy (non-hydrogen) atoms. The first kappa shape index (κ1) is 17.8. The predicted molar refractivity (Wildman–Crippen MR) is 98.9 cm³/mol. The van der Waals surface area contributed by atoms with Crippen LogP contribution in [0.2, 0.25) is 0 Å². The van der Waals surface area contributed by atoms with Crippen LogP contribution >= 0.6 is 0 Å². The van der Waals surface area contributed by atoms with Crippen molar-refractivity contribution in [2.75, 3.05) is 0 Å². The van der Waals surface area contributed by atoms with Crippen molar-refractivity contribution >= 4 is 0 Å². The molecule has 0 nitrogen and oxygen atoms in total. The van der Waals surface area contributed by atoms with Crippen molar-refractivity contribution in [3.63, 3.8) is 0 Å². The quantitative estimate of drug-likeness (QED) is 0.437. The molecule has 0 heteroatoms. The molecule has 0 bridgehead atoms. The Balaban J connectivity index is 2.15. The molecule has 0 fully saturated rings. The van der Waals surface area contributed by atoms with Gasteiger partial charge in [-0.2, -0.15) is 0 Å². The molecule has 126 valence electrons. The molecule has 0 spiro atoms. The van der Waals surface area contributed by atoms with E-state index in [1.54, 1.807) is 0 Å². The fourth-order valence-electron chi connectivity index (χ4n) is 4.58. The Labute approximate surface area is 139 Å². The Morgan fingerprint density at radius 1 is 1.00 bits per heavy atom. The highest BCUT2D eigenvalue weighted by atomic mass is 14.4. The van der Waals surface area contributed by atoms with E-state index >= 15 is 0 Å². The van der Waals surface area contributed by atoms with Gasteiger partial charge in [-0.15, -0.1) is 0 Å². The van der Waals surface area contributed by atoms with Gasteiger partial charge in [-0.25, -0.2) is 0 Å². The zero-order valence-electron chi connectivity index (χ0n) is 15.5. The molecular weight excluding hydrogens is 264 g/mol. The summed E-state index contributed by atoms with van der Waals surface area (Å²) in [5.74, 6) is 3.39. The number of allylic oxidation sites excluding steroid dienone is 4. The van der Waals surface area contributed by atoms with Gasteiger partial charge in [-0.3, -0.25) is 0 Å². The Hall–Kier alpha value is -0.520. The maximum atomic E-state index is 2.64. The summed E-state index contributed by atoms with van der Waals surface area (Å²) in [7, 11) is 0. The van der Waals surface area contributed by atoms with E-state index in [9.17, 15) is 0 Å². The summed E-state index contributed by atoms with van der Waals surface area (Å²) in [5.41, 5.74) is 0.473. The Morgan fingerprint density at radius 2 is 1.77 bits per heavy atom. The van der Waals surface area contributed by atoms with Gasteiger partial charge in [0.2, 0.25) is 0 Å². The molecule has 0 saturated carbocycles. The van der Waals surface area contributed by atoms with Gasteiger partial charge in [-0.1, -0.05) is 64.8 Å². The molecule has 3 unspecified atom stereocenters. The maximum absolute atomic E-state index is 2.64. The fraction of sp³-hybridized carbons (Fsp3) is 0.818. The van der Waals surface area contributed by atoms with Crippen LogP contribution in [0.3, 0.4) is 0 Å². The molecular formula is C22H38. The van der Waals surface area contributed by atoms with Crippen molar-refractivity contribution in [2.24, 2.45) is 29.1 Å². The summed E-state index contributed by atoms with van der Waals surface area (Å²) in [5, 5.41) is 0. The second kappa shape index (κ2) is 8.37. The summed E-state index contributed by atoms with van der Waals surface area (Å²) in [6.07, 6.45) is 22.7. The van der Waals surface area contributed by atoms with E-state index < -0.39 is 0 Å². The lowest BCUT2D eigenvalue weighted by Crippen LogP contribution is -2.36. The minimum absolute atomic E-state index is 0.473. The van der Waals surface area contributed by atoms with Crippen LogP contribution in [-0.4, -0.2) is 0 Å². The first-order chi connectivity index (χ1) is 10.5. The van der Waals surface area contributed by atoms with E-state index in [1.807, 2.05) is 0 Å². The van der Waals surface area contributed by atoms with Crippen LogP contribution in [0.1, 0.15) is 85.5 Å². The van der Waals surface area contributed by atoms with Crippen LogP contribution in [-0.2, 0) is 0 Å². The zero-order chi connectivity index (χ0) is 16.0. The SMILES string of the molecule is CC(C)CCC1CCC=CC1C1(CCC(C)C)C=CCCC1. The Morgan fingerprint density at radius 3 is 2.41 bits per heavy atom. The molecule has 0 radical (unpaired) electrons. The van der Waals surface area contributed by atoms with Gasteiger partial charge in [0.05, 0.1) is 0 Å². The molecule has 0 aromatic heterocycles.